The minimum Gasteiger partial charge on any atom is -0.479 e. The summed E-state index contributed by atoms with van der Waals surface area (Å²) in [5.74, 6) is -0.367. The van der Waals surface area contributed by atoms with E-state index in [2.05, 4.69) is 0 Å². The van der Waals surface area contributed by atoms with E-state index in [1.165, 1.54) is 23.2 Å². The quantitative estimate of drug-likeness (QED) is 0.182. The summed E-state index contributed by atoms with van der Waals surface area (Å²) in [6.07, 6.45) is -5.49. The van der Waals surface area contributed by atoms with Crippen LogP contribution in [0.4, 0.5) is 19.0 Å². The third kappa shape index (κ3) is 6.63. The van der Waals surface area contributed by atoms with Gasteiger partial charge in [-0.2, -0.15) is 18.3 Å². The molecule has 3 heterocycles. The summed E-state index contributed by atoms with van der Waals surface area (Å²) in [5.41, 5.74) is 4.58. The highest BCUT2D eigenvalue weighted by atomic mass is 35.5. The predicted molar refractivity (Wildman–Crippen MR) is 185 cm³/mol. The number of aliphatic carboxylic acids is 1. The van der Waals surface area contributed by atoms with E-state index >= 15 is 0 Å². The molecule has 13 heteroatoms. The number of aromatic nitrogens is 3. The molecule has 1 saturated heterocycles. The van der Waals surface area contributed by atoms with E-state index in [9.17, 15) is 23.1 Å². The Morgan fingerprint density at radius 3 is 2.27 bits per heavy atom. The van der Waals surface area contributed by atoms with Gasteiger partial charge >= 0.3 is 12.1 Å². The number of carbonyl (C=O) groups is 1. The monoisotopic (exact) mass is 699 g/mol. The molecule has 5 aromatic rings. The maximum absolute atomic E-state index is 13.4. The molecular formula is C35H37ClF3N5O3S. The Morgan fingerprint density at radius 2 is 1.67 bits per heavy atom. The molecule has 48 heavy (non-hydrogen) atoms. The summed E-state index contributed by atoms with van der Waals surface area (Å²) < 4.78 is 48.8. The second-order valence-electron chi connectivity index (χ2n) is 13.2. The van der Waals surface area contributed by atoms with Crippen molar-refractivity contribution in [2.45, 2.75) is 58.5 Å². The van der Waals surface area contributed by atoms with Crippen molar-refractivity contribution in [3.8, 4) is 21.7 Å². The molecule has 0 amide bonds. The number of aryl methyl sites for hydroxylation is 2. The largest absolute Gasteiger partial charge is 0.479 e. The Morgan fingerprint density at radius 1 is 1.02 bits per heavy atom. The first-order valence-electron chi connectivity index (χ1n) is 15.7. The molecule has 1 aliphatic heterocycles. The van der Waals surface area contributed by atoms with Gasteiger partial charge in [0.2, 0.25) is 0 Å². The molecular weight excluding hydrogens is 663 g/mol. The normalized spacial score (nSPS) is 16.2. The van der Waals surface area contributed by atoms with Gasteiger partial charge in [-0.05, 0) is 82.1 Å². The van der Waals surface area contributed by atoms with Crippen LogP contribution >= 0.6 is 22.9 Å². The Kier molecular flexibility index (Phi) is 8.99. The number of anilines is 1. The number of carboxylic acids is 1. The molecule has 6 rings (SSSR count). The summed E-state index contributed by atoms with van der Waals surface area (Å²) in [6, 6.07) is 13.7. The summed E-state index contributed by atoms with van der Waals surface area (Å²) >= 11 is 7.71. The number of piperazine rings is 1. The fourth-order valence-electron chi connectivity index (χ4n) is 6.30. The number of halogens is 4. The van der Waals surface area contributed by atoms with Crippen LogP contribution < -0.4 is 4.90 Å². The maximum Gasteiger partial charge on any atom is 0.403 e. The highest BCUT2D eigenvalue weighted by Crippen LogP contribution is 2.45. The van der Waals surface area contributed by atoms with Crippen LogP contribution in [0.15, 0.2) is 48.5 Å². The highest BCUT2D eigenvalue weighted by molar-refractivity contribution is 7.22. The smallest absolute Gasteiger partial charge is 0.403 e. The second-order valence-corrected chi connectivity index (χ2v) is 14.7. The van der Waals surface area contributed by atoms with Crippen LogP contribution in [-0.4, -0.2) is 74.7 Å². The van der Waals surface area contributed by atoms with Crippen molar-refractivity contribution in [2.75, 3.05) is 31.1 Å². The van der Waals surface area contributed by atoms with E-state index in [1.807, 2.05) is 76.0 Å². The summed E-state index contributed by atoms with van der Waals surface area (Å²) in [7, 11) is 1.85. The molecule has 0 aliphatic carbocycles. The number of carboxylic acid groups (broad SMARTS) is 1. The first-order valence-corrected chi connectivity index (χ1v) is 16.8. The molecule has 0 spiro atoms. The van der Waals surface area contributed by atoms with Crippen LogP contribution in [0.25, 0.3) is 42.8 Å². The van der Waals surface area contributed by atoms with Gasteiger partial charge < -0.3 is 14.7 Å². The molecule has 0 bridgehead atoms. The van der Waals surface area contributed by atoms with Crippen LogP contribution in [0.2, 0.25) is 5.02 Å². The SMILES string of the molecule is Cc1cc2nc(-c3ccc4c(c3)c(N3CCN(C(C)C(F)(F)F)CC3)nn4C)sc2c(-c2ccc(Cl)cc2)c1[C@H](OC(C)(C)C)C(=O)O. The zero-order valence-electron chi connectivity index (χ0n) is 27.5. The number of alkyl halides is 3. The van der Waals surface area contributed by atoms with E-state index in [4.69, 9.17) is 26.4 Å². The third-order valence-electron chi connectivity index (χ3n) is 8.73. The van der Waals surface area contributed by atoms with Gasteiger partial charge in [-0.25, -0.2) is 9.78 Å². The van der Waals surface area contributed by atoms with Gasteiger partial charge in [0.15, 0.2) is 11.9 Å². The molecule has 8 nitrogen and oxygen atoms in total. The molecule has 1 fully saturated rings. The number of thiazole rings is 1. The van der Waals surface area contributed by atoms with Gasteiger partial charge in [0, 0.05) is 60.3 Å². The van der Waals surface area contributed by atoms with Crippen molar-refractivity contribution in [3.63, 3.8) is 0 Å². The van der Waals surface area contributed by atoms with Crippen molar-refractivity contribution in [1.82, 2.24) is 19.7 Å². The van der Waals surface area contributed by atoms with E-state index < -0.39 is 29.9 Å². The molecule has 1 unspecified atom stereocenters. The zero-order valence-corrected chi connectivity index (χ0v) is 29.1. The van der Waals surface area contributed by atoms with Gasteiger partial charge in [0.25, 0.3) is 0 Å². The van der Waals surface area contributed by atoms with Gasteiger partial charge in [-0.1, -0.05) is 23.7 Å². The Bertz CT molecular complexity index is 1990. The number of ether oxygens (including phenoxy) is 1. The minimum absolute atomic E-state index is 0.279. The fraction of sp³-hybridized carbons (Fsp3) is 0.400. The van der Waals surface area contributed by atoms with E-state index in [0.717, 1.165) is 54.2 Å². The number of benzene rings is 3. The van der Waals surface area contributed by atoms with Gasteiger partial charge in [-0.15, -0.1) is 11.3 Å². The van der Waals surface area contributed by atoms with Gasteiger partial charge in [0.1, 0.15) is 11.0 Å². The maximum atomic E-state index is 13.4. The van der Waals surface area contributed by atoms with Crippen molar-refractivity contribution in [1.29, 1.82) is 0 Å². The van der Waals surface area contributed by atoms with Gasteiger partial charge in [0.05, 0.1) is 21.3 Å². The highest BCUT2D eigenvalue weighted by Gasteiger charge is 2.41. The van der Waals surface area contributed by atoms with Crippen LogP contribution in [0.3, 0.4) is 0 Å². The zero-order chi connectivity index (χ0) is 34.7. The lowest BCUT2D eigenvalue weighted by molar-refractivity contribution is -0.179. The summed E-state index contributed by atoms with van der Waals surface area (Å²) in [4.78, 5) is 21.2. The van der Waals surface area contributed by atoms with E-state index in [1.54, 1.807) is 16.8 Å². The van der Waals surface area contributed by atoms with Crippen molar-refractivity contribution >= 4 is 55.8 Å². The minimum atomic E-state index is -4.27. The van der Waals surface area contributed by atoms with Crippen LogP contribution in [-0.2, 0) is 16.6 Å². The van der Waals surface area contributed by atoms with E-state index in [0.29, 0.717) is 23.7 Å². The van der Waals surface area contributed by atoms with Crippen LogP contribution in [0.5, 0.6) is 0 Å². The average molecular weight is 700 g/mol. The van der Waals surface area contributed by atoms with Crippen LogP contribution in [0, 0.1) is 6.92 Å². The van der Waals surface area contributed by atoms with Crippen molar-refractivity contribution in [3.05, 3.63) is 64.7 Å². The Labute approximate surface area is 285 Å². The lowest BCUT2D eigenvalue weighted by Crippen LogP contribution is -2.53. The van der Waals surface area contributed by atoms with E-state index in [-0.39, 0.29) is 13.1 Å². The lowest BCUT2D eigenvalue weighted by Gasteiger charge is -2.38. The number of rotatable bonds is 7. The lowest BCUT2D eigenvalue weighted by atomic mass is 9.91. The first-order chi connectivity index (χ1) is 22.5. The molecule has 0 radical (unpaired) electrons. The summed E-state index contributed by atoms with van der Waals surface area (Å²) in [5, 5.41) is 17.3. The Hall–Kier alpha value is -3.71. The topological polar surface area (TPSA) is 83.7 Å². The predicted octanol–water partition coefficient (Wildman–Crippen LogP) is 8.49. The van der Waals surface area contributed by atoms with Crippen molar-refractivity contribution in [2.24, 2.45) is 7.05 Å². The van der Waals surface area contributed by atoms with Gasteiger partial charge in [-0.3, -0.25) is 9.58 Å². The summed E-state index contributed by atoms with van der Waals surface area (Å²) in [6.45, 7) is 9.97. The Balaban J connectivity index is 1.44. The molecule has 3 aromatic carbocycles. The average Bonchev–Trinajstić information content (AvgIpc) is 3.59. The molecule has 0 saturated carbocycles. The second kappa shape index (κ2) is 12.6. The molecule has 254 valence electrons. The number of hydrogen-bond acceptors (Lipinski definition) is 7. The van der Waals surface area contributed by atoms with Crippen molar-refractivity contribution < 1.29 is 27.8 Å². The molecule has 1 aliphatic rings. The molecule has 2 aromatic heterocycles. The standard InChI is InChI=1S/C35H37ClF3N5O3S/c1-19-17-25-30(28(21-7-10-23(36)11-8-21)27(19)29(33(45)46)47-34(3,4)5)48-32(40-25)22-9-12-26-24(18-22)31(41-42(26)6)44-15-13-43(14-16-44)20(2)35(37,38)39/h7-12,17-18,20,29H,13-16H2,1-6H3,(H,45,46)/t20?,29-/m0/s1. The number of hydrogen-bond donors (Lipinski definition) is 1. The molecule has 2 atom stereocenters. The number of fused-ring (bicyclic) bond motifs is 2. The number of nitrogens with zero attached hydrogens (tertiary/aromatic N) is 5. The first kappa shape index (κ1) is 34.2. The third-order valence-corrected chi connectivity index (χ3v) is 10.1. The molecule has 1 N–H and O–H groups in total. The van der Waals surface area contributed by atoms with Crippen LogP contribution in [0.1, 0.15) is 44.9 Å². The fourth-order valence-corrected chi connectivity index (χ4v) is 7.55.